The lowest BCUT2D eigenvalue weighted by Gasteiger charge is -2.40. The zero-order valence-corrected chi connectivity index (χ0v) is 29.0. The van der Waals surface area contributed by atoms with Gasteiger partial charge in [0.15, 0.2) is 6.10 Å². The van der Waals surface area contributed by atoms with Crippen LogP contribution in [0.25, 0.3) is 0 Å². The molecule has 2 aromatic rings. The molecule has 49 heavy (non-hydrogen) atoms. The van der Waals surface area contributed by atoms with E-state index in [0.717, 1.165) is 25.2 Å². The molecule has 0 spiro atoms. The Morgan fingerprint density at radius 2 is 1.76 bits per heavy atom. The van der Waals surface area contributed by atoms with Gasteiger partial charge in [-0.1, -0.05) is 87.7 Å². The van der Waals surface area contributed by atoms with E-state index in [0.29, 0.717) is 37.3 Å². The predicted molar refractivity (Wildman–Crippen MR) is 182 cm³/mol. The third-order valence-electron chi connectivity index (χ3n) is 8.94. The van der Waals surface area contributed by atoms with E-state index in [1.165, 1.54) is 36.4 Å². The minimum Gasteiger partial charge on any atom is -0.465 e. The first-order valence-corrected chi connectivity index (χ1v) is 17.2. The summed E-state index contributed by atoms with van der Waals surface area (Å²) in [5.41, 5.74) is -0.604. The summed E-state index contributed by atoms with van der Waals surface area (Å²) in [5, 5.41) is 29.8. The second-order valence-electron chi connectivity index (χ2n) is 12.2. The molecule has 0 saturated carbocycles. The first kappa shape index (κ1) is 39.6. The standard InChI is InChI=1S/C35H48ClF2N5O6/c1-4-7-16-28(43(34(48)49)30(23-12-9-8-10-13-23)35(37,38)25-14-11-15-26(36)22-25)32(46)41-27(21-24-17-18-39-31(24)45)29(44)33(47)40-19-20-42(5-2)6-3/h8-15,22,24,27-30,44H,4-7,16-21H2,1-3H3,(H,39,45)(H,40,47)(H,41,46)(H,48,49)/t24-,27-,28-,29?,30?/m0/s1. The minimum atomic E-state index is -3.86. The van der Waals surface area contributed by atoms with Gasteiger partial charge >= 0.3 is 6.09 Å². The van der Waals surface area contributed by atoms with Crippen LogP contribution >= 0.6 is 11.6 Å². The summed E-state index contributed by atoms with van der Waals surface area (Å²) in [5.74, 6) is -6.57. The Balaban J connectivity index is 2.02. The average Bonchev–Trinajstić information content (AvgIpc) is 3.49. The van der Waals surface area contributed by atoms with Crippen LogP contribution in [0.2, 0.25) is 5.02 Å². The average molecular weight is 708 g/mol. The number of likely N-dealkylation sites (N-methyl/N-ethyl adjacent to an activating group) is 1. The molecule has 4 amide bonds. The van der Waals surface area contributed by atoms with Gasteiger partial charge in [-0.3, -0.25) is 19.3 Å². The molecule has 0 aromatic heterocycles. The molecule has 2 aromatic carbocycles. The van der Waals surface area contributed by atoms with Crippen LogP contribution in [0.3, 0.4) is 0 Å². The smallest absolute Gasteiger partial charge is 0.408 e. The number of aliphatic hydroxyl groups is 1. The lowest BCUT2D eigenvalue weighted by atomic mass is 9.90. The lowest BCUT2D eigenvalue weighted by Crippen LogP contribution is -2.58. The number of unbranched alkanes of at least 4 members (excludes halogenated alkanes) is 1. The molecule has 5 atom stereocenters. The molecule has 1 saturated heterocycles. The maximum absolute atomic E-state index is 16.6. The minimum absolute atomic E-state index is 0.0225. The van der Waals surface area contributed by atoms with Gasteiger partial charge in [-0.15, -0.1) is 0 Å². The van der Waals surface area contributed by atoms with Gasteiger partial charge in [-0.05, 0) is 50.0 Å². The van der Waals surface area contributed by atoms with E-state index in [2.05, 4.69) is 20.9 Å². The van der Waals surface area contributed by atoms with Crippen LogP contribution in [0.15, 0.2) is 54.6 Å². The van der Waals surface area contributed by atoms with E-state index in [1.54, 1.807) is 6.07 Å². The highest BCUT2D eigenvalue weighted by Crippen LogP contribution is 2.46. The van der Waals surface area contributed by atoms with Gasteiger partial charge < -0.3 is 31.1 Å². The second-order valence-corrected chi connectivity index (χ2v) is 12.6. The quantitative estimate of drug-likeness (QED) is 0.144. The van der Waals surface area contributed by atoms with Crippen molar-refractivity contribution in [2.45, 2.75) is 83.0 Å². The molecule has 270 valence electrons. The number of hydrogen-bond donors (Lipinski definition) is 5. The fourth-order valence-corrected chi connectivity index (χ4v) is 6.33. The van der Waals surface area contributed by atoms with Crippen molar-refractivity contribution in [3.8, 4) is 0 Å². The third kappa shape index (κ3) is 10.6. The van der Waals surface area contributed by atoms with Crippen LogP contribution in [0.5, 0.6) is 0 Å². The van der Waals surface area contributed by atoms with Crippen molar-refractivity contribution in [2.75, 3.05) is 32.7 Å². The topological polar surface area (TPSA) is 151 Å². The van der Waals surface area contributed by atoms with Crippen LogP contribution in [-0.2, 0) is 20.3 Å². The summed E-state index contributed by atoms with van der Waals surface area (Å²) in [6.07, 6.45) is -2.63. The maximum atomic E-state index is 16.6. The zero-order valence-electron chi connectivity index (χ0n) is 28.2. The fourth-order valence-electron chi connectivity index (χ4n) is 6.14. The molecule has 5 N–H and O–H groups in total. The molecule has 3 rings (SSSR count). The number of rotatable bonds is 19. The molecule has 1 fully saturated rings. The van der Waals surface area contributed by atoms with E-state index >= 15 is 8.78 Å². The number of carbonyl (C=O) groups excluding carboxylic acids is 3. The predicted octanol–water partition coefficient (Wildman–Crippen LogP) is 4.54. The summed E-state index contributed by atoms with van der Waals surface area (Å²) >= 11 is 6.07. The highest BCUT2D eigenvalue weighted by Gasteiger charge is 2.51. The van der Waals surface area contributed by atoms with Crippen molar-refractivity contribution in [3.63, 3.8) is 0 Å². The largest absolute Gasteiger partial charge is 0.465 e. The summed E-state index contributed by atoms with van der Waals surface area (Å²) in [6.45, 7) is 8.37. The number of carboxylic acid groups (broad SMARTS) is 1. The van der Waals surface area contributed by atoms with Gasteiger partial charge in [0.1, 0.15) is 12.1 Å². The van der Waals surface area contributed by atoms with Crippen LogP contribution < -0.4 is 16.0 Å². The van der Waals surface area contributed by atoms with Crippen LogP contribution in [-0.4, -0.2) is 94.7 Å². The van der Waals surface area contributed by atoms with E-state index in [4.69, 9.17) is 11.6 Å². The first-order chi connectivity index (χ1) is 23.3. The second kappa shape index (κ2) is 18.8. The Bertz CT molecular complexity index is 1400. The van der Waals surface area contributed by atoms with Crippen molar-refractivity contribution in [1.82, 2.24) is 25.8 Å². The van der Waals surface area contributed by atoms with Gasteiger partial charge in [0, 0.05) is 36.1 Å². The normalized spacial score (nSPS) is 17.1. The van der Waals surface area contributed by atoms with Crippen LogP contribution in [0, 0.1) is 5.92 Å². The van der Waals surface area contributed by atoms with Crippen molar-refractivity contribution in [1.29, 1.82) is 0 Å². The van der Waals surface area contributed by atoms with Crippen molar-refractivity contribution in [2.24, 2.45) is 5.92 Å². The molecule has 1 heterocycles. The number of benzene rings is 2. The van der Waals surface area contributed by atoms with Gasteiger partial charge in [0.05, 0.1) is 6.04 Å². The van der Waals surface area contributed by atoms with E-state index in [9.17, 15) is 29.4 Å². The molecule has 2 unspecified atom stereocenters. The number of halogens is 3. The van der Waals surface area contributed by atoms with E-state index < -0.39 is 59.5 Å². The molecule has 1 aliphatic heterocycles. The number of aliphatic hydroxyl groups excluding tert-OH is 1. The Kier molecular flexibility index (Phi) is 15.2. The SMILES string of the molecule is CCCC[C@@H](C(=O)N[C@@H](C[C@@H]1CCNC1=O)C(O)C(=O)NCCN(CC)CC)N(C(=O)O)C(c1ccccc1)C(F)(F)c1cccc(Cl)c1. The molecule has 0 bridgehead atoms. The van der Waals surface area contributed by atoms with Gasteiger partial charge in [-0.25, -0.2) is 4.79 Å². The molecule has 0 radical (unpaired) electrons. The molecule has 14 heteroatoms. The van der Waals surface area contributed by atoms with Gasteiger partial charge in [0.2, 0.25) is 11.8 Å². The highest BCUT2D eigenvalue weighted by atomic mass is 35.5. The third-order valence-corrected chi connectivity index (χ3v) is 9.17. The molecular weight excluding hydrogens is 660 g/mol. The maximum Gasteiger partial charge on any atom is 0.408 e. The van der Waals surface area contributed by atoms with Gasteiger partial charge in [-0.2, -0.15) is 8.78 Å². The Labute approximate surface area is 291 Å². The van der Waals surface area contributed by atoms with Crippen molar-refractivity contribution < 1.29 is 38.2 Å². The Morgan fingerprint density at radius 3 is 2.33 bits per heavy atom. The Hall–Kier alpha value is -3.81. The van der Waals surface area contributed by atoms with Gasteiger partial charge in [0.25, 0.3) is 11.8 Å². The van der Waals surface area contributed by atoms with E-state index in [1.807, 2.05) is 20.8 Å². The highest BCUT2D eigenvalue weighted by molar-refractivity contribution is 6.30. The van der Waals surface area contributed by atoms with Crippen molar-refractivity contribution in [3.05, 3.63) is 70.7 Å². The number of nitrogens with zero attached hydrogens (tertiary/aromatic N) is 2. The molecule has 0 aliphatic carbocycles. The summed E-state index contributed by atoms with van der Waals surface area (Å²) in [6, 6.07) is 7.11. The van der Waals surface area contributed by atoms with Crippen molar-refractivity contribution >= 4 is 35.4 Å². The zero-order chi connectivity index (χ0) is 36.1. The molecule has 1 aliphatic rings. The molecular formula is C35H48ClF2N5O6. The number of amides is 4. The van der Waals surface area contributed by atoms with E-state index in [-0.39, 0.29) is 35.9 Å². The first-order valence-electron chi connectivity index (χ1n) is 16.8. The number of alkyl halides is 2. The lowest BCUT2D eigenvalue weighted by molar-refractivity contribution is -0.138. The molecule has 11 nitrogen and oxygen atoms in total. The fraction of sp³-hybridized carbons (Fsp3) is 0.543. The Morgan fingerprint density at radius 1 is 1.06 bits per heavy atom. The number of nitrogens with one attached hydrogen (secondary N) is 3. The summed E-state index contributed by atoms with van der Waals surface area (Å²) in [7, 11) is 0. The monoisotopic (exact) mass is 707 g/mol. The number of hydrogen-bond acceptors (Lipinski definition) is 6. The van der Waals surface area contributed by atoms with Crippen LogP contribution in [0.4, 0.5) is 13.6 Å². The van der Waals surface area contributed by atoms with Crippen LogP contribution in [0.1, 0.15) is 70.0 Å². The number of carbonyl (C=O) groups is 4. The summed E-state index contributed by atoms with van der Waals surface area (Å²) < 4.78 is 33.3. The summed E-state index contributed by atoms with van der Waals surface area (Å²) in [4.78, 5) is 55.4.